The number of anilines is 2. The van der Waals surface area contributed by atoms with Crippen LogP contribution in [0, 0.1) is 5.92 Å². The van der Waals surface area contributed by atoms with Crippen molar-refractivity contribution in [2.45, 2.75) is 19.8 Å². The third-order valence-electron chi connectivity index (χ3n) is 3.88. The van der Waals surface area contributed by atoms with Crippen LogP contribution in [-0.4, -0.2) is 44.2 Å². The first-order valence-electron chi connectivity index (χ1n) is 7.54. The molecule has 0 radical (unpaired) electrons. The minimum atomic E-state index is -0.402. The van der Waals surface area contributed by atoms with Gasteiger partial charge in [0.05, 0.1) is 12.7 Å². The maximum atomic E-state index is 11.6. The number of esters is 1. The van der Waals surface area contributed by atoms with Crippen LogP contribution in [0.3, 0.4) is 0 Å². The molecule has 1 atom stereocenters. The third-order valence-corrected chi connectivity index (χ3v) is 3.88. The summed E-state index contributed by atoms with van der Waals surface area (Å²) in [6.45, 7) is 6.67. The molecule has 0 bridgehead atoms. The molecule has 1 aliphatic rings. The highest BCUT2D eigenvalue weighted by atomic mass is 16.5. The number of nitrogens with zero attached hydrogens (tertiary/aromatic N) is 1. The van der Waals surface area contributed by atoms with Gasteiger partial charge in [-0.1, -0.05) is 6.92 Å². The Kier molecular flexibility index (Phi) is 5.44. The van der Waals surface area contributed by atoms with Gasteiger partial charge in [0.2, 0.25) is 0 Å². The van der Waals surface area contributed by atoms with Gasteiger partial charge in [-0.3, -0.25) is 0 Å². The van der Waals surface area contributed by atoms with Crippen molar-refractivity contribution in [3.63, 3.8) is 0 Å². The van der Waals surface area contributed by atoms with Gasteiger partial charge in [0.25, 0.3) is 0 Å². The largest absolute Gasteiger partial charge is 0.465 e. The number of carbonyl (C=O) groups is 1. The van der Waals surface area contributed by atoms with E-state index in [0.29, 0.717) is 17.2 Å². The second-order valence-electron chi connectivity index (χ2n) is 5.79. The van der Waals surface area contributed by atoms with Crippen LogP contribution < -0.4 is 11.1 Å². The average molecular weight is 291 g/mol. The lowest BCUT2D eigenvalue weighted by Gasteiger charge is -2.21. The maximum Gasteiger partial charge on any atom is 0.340 e. The lowest BCUT2D eigenvalue weighted by atomic mass is 10.1. The fourth-order valence-electron chi connectivity index (χ4n) is 2.72. The Balaban J connectivity index is 1.88. The second kappa shape index (κ2) is 7.31. The topological polar surface area (TPSA) is 67.6 Å². The summed E-state index contributed by atoms with van der Waals surface area (Å²) in [5, 5.41) is 3.37. The third kappa shape index (κ3) is 4.36. The molecule has 5 heteroatoms. The van der Waals surface area contributed by atoms with E-state index >= 15 is 0 Å². The molecule has 0 aromatic heterocycles. The molecular formula is C16H25N3O2. The van der Waals surface area contributed by atoms with Crippen LogP contribution in [0.25, 0.3) is 0 Å². The molecule has 1 aromatic carbocycles. The number of nitrogen functional groups attached to an aromatic ring is 1. The van der Waals surface area contributed by atoms with Crippen LogP contribution in [0.4, 0.5) is 11.4 Å². The molecular weight excluding hydrogens is 266 g/mol. The van der Waals surface area contributed by atoms with Gasteiger partial charge in [-0.25, -0.2) is 4.79 Å². The number of benzene rings is 1. The molecule has 0 spiro atoms. The van der Waals surface area contributed by atoms with Crippen LogP contribution in [0.5, 0.6) is 0 Å². The second-order valence-corrected chi connectivity index (χ2v) is 5.79. The predicted octanol–water partition coefficient (Wildman–Crippen LogP) is 2.20. The van der Waals surface area contributed by atoms with E-state index in [9.17, 15) is 4.79 Å². The van der Waals surface area contributed by atoms with Crippen molar-refractivity contribution in [1.82, 2.24) is 4.90 Å². The van der Waals surface area contributed by atoms with Crippen molar-refractivity contribution in [3.8, 4) is 0 Å². The molecule has 3 N–H and O–H groups in total. The Morgan fingerprint density at radius 3 is 2.81 bits per heavy atom. The SMILES string of the molecule is COC(=O)c1cc(NCC(C)CN2CCCC2)ccc1N. The standard InChI is InChI=1S/C16H25N3O2/c1-12(11-19-7-3-4-8-19)10-18-13-5-6-15(17)14(9-13)16(20)21-2/h5-6,9,12,18H,3-4,7-8,10-11,17H2,1-2H3. The quantitative estimate of drug-likeness (QED) is 0.621. The van der Waals surface area contributed by atoms with Gasteiger partial charge < -0.3 is 20.7 Å². The van der Waals surface area contributed by atoms with Crippen LogP contribution in [0.2, 0.25) is 0 Å². The van der Waals surface area contributed by atoms with Gasteiger partial charge in [-0.2, -0.15) is 0 Å². The molecule has 21 heavy (non-hydrogen) atoms. The lowest BCUT2D eigenvalue weighted by Crippen LogP contribution is -2.28. The molecule has 5 nitrogen and oxygen atoms in total. The van der Waals surface area contributed by atoms with E-state index in [1.807, 2.05) is 6.07 Å². The number of hydrogen-bond acceptors (Lipinski definition) is 5. The zero-order valence-corrected chi connectivity index (χ0v) is 12.9. The summed E-state index contributed by atoms with van der Waals surface area (Å²) in [6.07, 6.45) is 2.64. The number of nitrogens with two attached hydrogens (primary N) is 1. The Bertz CT molecular complexity index is 484. The highest BCUT2D eigenvalue weighted by molar-refractivity contribution is 5.96. The smallest absolute Gasteiger partial charge is 0.340 e. The molecule has 1 aliphatic heterocycles. The average Bonchev–Trinajstić information content (AvgIpc) is 2.98. The summed E-state index contributed by atoms with van der Waals surface area (Å²) in [5.74, 6) is 0.156. The molecule has 0 aliphatic carbocycles. The Morgan fingerprint density at radius 2 is 2.14 bits per heavy atom. The Morgan fingerprint density at radius 1 is 1.43 bits per heavy atom. The highest BCUT2D eigenvalue weighted by Gasteiger charge is 2.15. The van der Waals surface area contributed by atoms with Crippen molar-refractivity contribution < 1.29 is 9.53 Å². The van der Waals surface area contributed by atoms with Gasteiger partial charge in [-0.05, 0) is 50.0 Å². The minimum absolute atomic E-state index is 0.402. The van der Waals surface area contributed by atoms with Crippen molar-refractivity contribution in [2.24, 2.45) is 5.92 Å². The molecule has 116 valence electrons. The molecule has 1 unspecified atom stereocenters. The first kappa shape index (κ1) is 15.6. The zero-order valence-electron chi connectivity index (χ0n) is 12.9. The van der Waals surface area contributed by atoms with Crippen LogP contribution in [0.15, 0.2) is 18.2 Å². The van der Waals surface area contributed by atoms with E-state index in [1.165, 1.54) is 33.0 Å². The number of likely N-dealkylation sites (tertiary alicyclic amines) is 1. The molecule has 1 saturated heterocycles. The van der Waals surface area contributed by atoms with Crippen LogP contribution in [0.1, 0.15) is 30.1 Å². The van der Waals surface area contributed by atoms with Gasteiger partial charge >= 0.3 is 5.97 Å². The van der Waals surface area contributed by atoms with Crippen molar-refractivity contribution in [3.05, 3.63) is 23.8 Å². The van der Waals surface area contributed by atoms with Crippen molar-refractivity contribution in [2.75, 3.05) is 44.3 Å². The number of carbonyl (C=O) groups excluding carboxylic acids is 1. The van der Waals surface area contributed by atoms with Crippen LogP contribution in [-0.2, 0) is 4.74 Å². The summed E-state index contributed by atoms with van der Waals surface area (Å²) < 4.78 is 4.73. The number of hydrogen-bond donors (Lipinski definition) is 2. The van der Waals surface area contributed by atoms with Crippen molar-refractivity contribution in [1.29, 1.82) is 0 Å². The fourth-order valence-corrected chi connectivity index (χ4v) is 2.72. The molecule has 0 amide bonds. The van der Waals surface area contributed by atoms with Crippen LogP contribution >= 0.6 is 0 Å². The van der Waals surface area contributed by atoms with Gasteiger partial charge in [0, 0.05) is 24.5 Å². The molecule has 1 heterocycles. The maximum absolute atomic E-state index is 11.6. The molecule has 0 saturated carbocycles. The lowest BCUT2D eigenvalue weighted by molar-refractivity contribution is 0.0602. The summed E-state index contributed by atoms with van der Waals surface area (Å²) in [6, 6.07) is 5.38. The normalized spacial score (nSPS) is 16.7. The van der Waals surface area contributed by atoms with E-state index in [4.69, 9.17) is 10.5 Å². The zero-order chi connectivity index (χ0) is 15.2. The molecule has 1 fully saturated rings. The number of nitrogens with one attached hydrogen (secondary N) is 1. The van der Waals surface area contributed by atoms with Gasteiger partial charge in [0.15, 0.2) is 0 Å². The summed E-state index contributed by atoms with van der Waals surface area (Å²) in [4.78, 5) is 14.1. The molecule has 2 rings (SSSR count). The van der Waals surface area contributed by atoms with E-state index in [2.05, 4.69) is 17.1 Å². The number of rotatable bonds is 6. The van der Waals surface area contributed by atoms with E-state index < -0.39 is 5.97 Å². The van der Waals surface area contributed by atoms with Crippen molar-refractivity contribution >= 4 is 17.3 Å². The minimum Gasteiger partial charge on any atom is -0.465 e. The summed E-state index contributed by atoms with van der Waals surface area (Å²) >= 11 is 0. The number of ether oxygens (including phenoxy) is 1. The highest BCUT2D eigenvalue weighted by Crippen LogP contribution is 2.19. The Hall–Kier alpha value is -1.75. The Labute approximate surface area is 126 Å². The van der Waals surface area contributed by atoms with Gasteiger partial charge in [-0.15, -0.1) is 0 Å². The fraction of sp³-hybridized carbons (Fsp3) is 0.562. The van der Waals surface area contributed by atoms with E-state index in [0.717, 1.165) is 18.8 Å². The molecule has 1 aromatic rings. The number of methoxy groups -OCH3 is 1. The van der Waals surface area contributed by atoms with E-state index in [-0.39, 0.29) is 0 Å². The summed E-state index contributed by atoms with van der Waals surface area (Å²) in [7, 11) is 1.36. The van der Waals surface area contributed by atoms with E-state index in [1.54, 1.807) is 12.1 Å². The predicted molar refractivity (Wildman–Crippen MR) is 85.5 cm³/mol. The monoisotopic (exact) mass is 291 g/mol. The first-order chi connectivity index (χ1) is 10.1. The first-order valence-corrected chi connectivity index (χ1v) is 7.54. The summed E-state index contributed by atoms with van der Waals surface area (Å²) in [5.41, 5.74) is 7.55. The van der Waals surface area contributed by atoms with Gasteiger partial charge in [0.1, 0.15) is 0 Å².